The van der Waals surface area contributed by atoms with Crippen LogP contribution < -0.4 is 4.90 Å². The Morgan fingerprint density at radius 3 is 1.32 bits per heavy atom. The van der Waals surface area contributed by atoms with E-state index in [0.717, 1.165) is 11.4 Å². The normalized spacial score (nSPS) is 13.1. The summed E-state index contributed by atoms with van der Waals surface area (Å²) in [6, 6.07) is 78.9. The molecule has 0 bridgehead atoms. The summed E-state index contributed by atoms with van der Waals surface area (Å²) in [6.07, 6.45) is 0. The van der Waals surface area contributed by atoms with Crippen molar-refractivity contribution in [3.63, 3.8) is 0 Å². The van der Waals surface area contributed by atoms with Gasteiger partial charge in [0.2, 0.25) is 0 Å². The Morgan fingerprint density at radius 2 is 0.714 bits per heavy atom. The molecule has 12 rings (SSSR count). The number of anilines is 3. The van der Waals surface area contributed by atoms with Crippen LogP contribution in [0.25, 0.3) is 65.7 Å². The third-order valence-electron chi connectivity index (χ3n) is 12.4. The second kappa shape index (κ2) is 11.9. The zero-order valence-electron chi connectivity index (χ0n) is 30.7. The Kier molecular flexibility index (Phi) is 6.62. The number of rotatable bonds is 4. The lowest BCUT2D eigenvalue weighted by atomic mass is 9.70. The van der Waals surface area contributed by atoms with Crippen LogP contribution in [0.4, 0.5) is 17.1 Å². The summed E-state index contributed by atoms with van der Waals surface area (Å²) in [5.41, 5.74) is 15.8. The van der Waals surface area contributed by atoms with E-state index in [4.69, 9.17) is 0 Å². The Morgan fingerprint density at radius 1 is 0.286 bits per heavy atom. The molecule has 56 heavy (non-hydrogen) atoms. The molecule has 0 N–H and O–H groups in total. The minimum Gasteiger partial charge on any atom is -0.309 e. The maximum Gasteiger partial charge on any atom is 0.0746 e. The predicted octanol–water partition coefficient (Wildman–Crippen LogP) is 14.6. The molecule has 10 aromatic rings. The molecule has 1 nitrogen and oxygen atoms in total. The molecule has 1 spiro atoms. The van der Waals surface area contributed by atoms with E-state index >= 15 is 0 Å². The van der Waals surface area contributed by atoms with E-state index in [1.54, 1.807) is 0 Å². The summed E-state index contributed by atoms with van der Waals surface area (Å²) < 4.78 is 0. The summed E-state index contributed by atoms with van der Waals surface area (Å²) in [7, 11) is 0. The van der Waals surface area contributed by atoms with Crippen LogP contribution in [-0.4, -0.2) is 0 Å². The Bertz CT molecular complexity index is 3110. The Balaban J connectivity index is 1.23. The first kappa shape index (κ1) is 31.2. The molecular weight excluding hydrogens is 675 g/mol. The molecule has 0 unspecified atom stereocenters. The van der Waals surface area contributed by atoms with Crippen LogP contribution in [-0.2, 0) is 5.41 Å². The summed E-state index contributed by atoms with van der Waals surface area (Å²) in [5, 5.41) is 7.62. The molecule has 2 aliphatic carbocycles. The zero-order valence-corrected chi connectivity index (χ0v) is 30.7. The van der Waals surface area contributed by atoms with E-state index in [1.807, 2.05) is 0 Å². The quantitative estimate of drug-likeness (QED) is 0.164. The number of hydrogen-bond acceptors (Lipinski definition) is 1. The minimum atomic E-state index is -0.505. The van der Waals surface area contributed by atoms with E-state index in [9.17, 15) is 0 Å². The maximum absolute atomic E-state index is 2.56. The molecule has 0 aromatic heterocycles. The number of para-hydroxylation sites is 1. The maximum atomic E-state index is 2.56. The van der Waals surface area contributed by atoms with Crippen LogP contribution in [0.1, 0.15) is 22.3 Å². The van der Waals surface area contributed by atoms with Crippen molar-refractivity contribution >= 4 is 49.4 Å². The fourth-order valence-electron chi connectivity index (χ4n) is 10.3. The van der Waals surface area contributed by atoms with Gasteiger partial charge in [-0.25, -0.2) is 0 Å². The van der Waals surface area contributed by atoms with Gasteiger partial charge in [0.25, 0.3) is 0 Å². The first-order valence-electron chi connectivity index (χ1n) is 19.5. The first-order valence-corrected chi connectivity index (χ1v) is 19.5. The fraction of sp³-hybridized carbons (Fsp3) is 0.0182. The highest BCUT2D eigenvalue weighted by Gasteiger charge is 2.53. The smallest absolute Gasteiger partial charge is 0.0746 e. The molecule has 0 atom stereocenters. The van der Waals surface area contributed by atoms with Gasteiger partial charge in [-0.05, 0) is 101 Å². The average molecular weight is 710 g/mol. The van der Waals surface area contributed by atoms with Gasteiger partial charge in [-0.2, -0.15) is 0 Å². The van der Waals surface area contributed by atoms with Crippen molar-refractivity contribution in [2.24, 2.45) is 0 Å². The number of hydrogen-bond donors (Lipinski definition) is 0. The molecule has 10 aromatic carbocycles. The number of benzene rings is 10. The SMILES string of the molecule is c1ccc(-c2ccccc2N(c2ccc3c4ccccc4c4ccccc4c3c2)c2cccc3c2C2(c4ccccc4-c4ccccc42)c2ccccc2-3)cc1. The van der Waals surface area contributed by atoms with Crippen LogP contribution in [0, 0.1) is 0 Å². The molecule has 0 saturated carbocycles. The van der Waals surface area contributed by atoms with Gasteiger partial charge in [0, 0.05) is 16.8 Å². The van der Waals surface area contributed by atoms with E-state index in [1.165, 1.54) is 93.6 Å². The van der Waals surface area contributed by atoms with Crippen LogP contribution >= 0.6 is 0 Å². The Labute approximate surface area is 326 Å². The second-order valence-corrected chi connectivity index (χ2v) is 15.1. The second-order valence-electron chi connectivity index (χ2n) is 15.1. The highest BCUT2D eigenvalue weighted by atomic mass is 15.1. The van der Waals surface area contributed by atoms with E-state index in [0.29, 0.717) is 0 Å². The molecule has 0 amide bonds. The highest BCUT2D eigenvalue weighted by Crippen LogP contribution is 2.65. The van der Waals surface area contributed by atoms with Crippen LogP contribution in [0.2, 0.25) is 0 Å². The first-order chi connectivity index (χ1) is 27.8. The molecule has 0 aliphatic heterocycles. The van der Waals surface area contributed by atoms with Gasteiger partial charge in [-0.15, -0.1) is 0 Å². The molecule has 0 heterocycles. The lowest BCUT2D eigenvalue weighted by Crippen LogP contribution is -2.28. The lowest BCUT2D eigenvalue weighted by Gasteiger charge is -2.36. The summed E-state index contributed by atoms with van der Waals surface area (Å²) in [5.74, 6) is 0. The fourth-order valence-corrected chi connectivity index (χ4v) is 10.3. The summed E-state index contributed by atoms with van der Waals surface area (Å²) >= 11 is 0. The van der Waals surface area contributed by atoms with Gasteiger partial charge < -0.3 is 4.90 Å². The minimum absolute atomic E-state index is 0.505. The summed E-state index contributed by atoms with van der Waals surface area (Å²) in [4.78, 5) is 2.56. The molecule has 0 radical (unpaired) electrons. The monoisotopic (exact) mass is 709 g/mol. The van der Waals surface area contributed by atoms with Gasteiger partial charge in [0.15, 0.2) is 0 Å². The predicted molar refractivity (Wildman–Crippen MR) is 235 cm³/mol. The molecule has 0 saturated heterocycles. The summed E-state index contributed by atoms with van der Waals surface area (Å²) in [6.45, 7) is 0. The van der Waals surface area contributed by atoms with Crippen LogP contribution in [0.3, 0.4) is 0 Å². The van der Waals surface area contributed by atoms with E-state index in [-0.39, 0.29) is 0 Å². The van der Waals surface area contributed by atoms with Gasteiger partial charge in [-0.3, -0.25) is 0 Å². The standard InChI is InChI=1S/C55H35N/c1-2-17-36(18-3-1)38-19-11-15-31-52(38)56(37-33-34-43-41-22-5-4-20-39(41)40-21-6-7-23-42(40)48(43)35-37)53-32-16-27-47-46-26-10-14-30-51(46)55(54(47)53)49-28-12-8-24-44(49)45-25-9-13-29-50(45)55/h1-35H. The van der Waals surface area contributed by atoms with Crippen molar-refractivity contribution < 1.29 is 0 Å². The lowest BCUT2D eigenvalue weighted by molar-refractivity contribution is 0.793. The molecular formula is C55H35N. The van der Waals surface area contributed by atoms with Crippen molar-refractivity contribution in [1.82, 2.24) is 0 Å². The third kappa shape index (κ3) is 4.15. The van der Waals surface area contributed by atoms with Crippen molar-refractivity contribution in [3.8, 4) is 33.4 Å². The van der Waals surface area contributed by atoms with Crippen molar-refractivity contribution in [2.45, 2.75) is 5.41 Å². The third-order valence-corrected chi connectivity index (χ3v) is 12.4. The van der Waals surface area contributed by atoms with Crippen LogP contribution in [0.5, 0.6) is 0 Å². The highest BCUT2D eigenvalue weighted by molar-refractivity contribution is 6.26. The molecule has 0 fully saturated rings. The van der Waals surface area contributed by atoms with E-state index in [2.05, 4.69) is 217 Å². The Hall–Kier alpha value is -7.22. The number of fused-ring (bicyclic) bond motifs is 16. The largest absolute Gasteiger partial charge is 0.309 e. The van der Waals surface area contributed by atoms with Gasteiger partial charge >= 0.3 is 0 Å². The molecule has 1 heteroatoms. The zero-order chi connectivity index (χ0) is 36.8. The van der Waals surface area contributed by atoms with Crippen molar-refractivity contribution in [3.05, 3.63) is 235 Å². The average Bonchev–Trinajstić information content (AvgIpc) is 3.75. The van der Waals surface area contributed by atoms with Crippen molar-refractivity contribution in [1.29, 1.82) is 0 Å². The number of nitrogens with zero attached hydrogens (tertiary/aromatic N) is 1. The van der Waals surface area contributed by atoms with Gasteiger partial charge in [0.05, 0.1) is 16.8 Å². The van der Waals surface area contributed by atoms with E-state index < -0.39 is 5.41 Å². The molecule has 2 aliphatic rings. The molecule has 260 valence electrons. The van der Waals surface area contributed by atoms with Gasteiger partial charge in [-0.1, -0.05) is 188 Å². The topological polar surface area (TPSA) is 3.24 Å². The van der Waals surface area contributed by atoms with Crippen LogP contribution in [0.15, 0.2) is 212 Å². The van der Waals surface area contributed by atoms with Gasteiger partial charge in [0.1, 0.15) is 0 Å². The van der Waals surface area contributed by atoms with Crippen molar-refractivity contribution in [2.75, 3.05) is 4.90 Å².